The SMILES string of the molecule is CCCOc1ccc(C(=O)c2ccc(O)c(CCC(=O)OC)c2)cc1. The standard InChI is InChI=1S/C20H22O5/c1-3-12-25-17-8-4-14(5-9-17)20(23)16-6-10-18(21)15(13-16)7-11-19(22)24-2/h4-6,8-10,13,21H,3,7,11-12H2,1-2H3. The van der Waals surface area contributed by atoms with Crippen molar-refractivity contribution in [1.82, 2.24) is 0 Å². The molecule has 0 aromatic heterocycles. The molecule has 0 heterocycles. The molecule has 0 saturated heterocycles. The molecule has 1 N–H and O–H groups in total. The Bertz CT molecular complexity index is 734. The van der Waals surface area contributed by atoms with E-state index in [0.29, 0.717) is 29.7 Å². The van der Waals surface area contributed by atoms with Gasteiger partial charge in [0.15, 0.2) is 5.78 Å². The molecule has 0 spiro atoms. The number of hydrogen-bond donors (Lipinski definition) is 1. The van der Waals surface area contributed by atoms with Crippen LogP contribution in [0.15, 0.2) is 42.5 Å². The molecule has 0 bridgehead atoms. The van der Waals surface area contributed by atoms with E-state index in [1.165, 1.54) is 13.2 Å². The van der Waals surface area contributed by atoms with Gasteiger partial charge in [-0.1, -0.05) is 6.92 Å². The quantitative estimate of drug-likeness (QED) is 0.587. The maximum Gasteiger partial charge on any atom is 0.305 e. The van der Waals surface area contributed by atoms with Crippen molar-refractivity contribution in [3.05, 3.63) is 59.2 Å². The first-order valence-electron chi connectivity index (χ1n) is 8.21. The second-order valence-electron chi connectivity index (χ2n) is 5.62. The second kappa shape index (κ2) is 8.87. The maximum atomic E-state index is 12.6. The van der Waals surface area contributed by atoms with Crippen LogP contribution in [0.2, 0.25) is 0 Å². The number of aromatic hydroxyl groups is 1. The summed E-state index contributed by atoms with van der Waals surface area (Å²) in [6.07, 6.45) is 1.37. The zero-order valence-electron chi connectivity index (χ0n) is 14.5. The van der Waals surface area contributed by atoms with E-state index in [4.69, 9.17) is 4.74 Å². The fourth-order valence-electron chi connectivity index (χ4n) is 2.35. The Morgan fingerprint density at radius 1 is 1.04 bits per heavy atom. The minimum absolute atomic E-state index is 0.0590. The fraction of sp³-hybridized carbons (Fsp3) is 0.300. The number of rotatable bonds is 8. The van der Waals surface area contributed by atoms with Crippen molar-refractivity contribution in [2.45, 2.75) is 26.2 Å². The lowest BCUT2D eigenvalue weighted by molar-refractivity contribution is -0.140. The third-order valence-corrected chi connectivity index (χ3v) is 3.76. The van der Waals surface area contributed by atoms with Gasteiger partial charge in [0.1, 0.15) is 11.5 Å². The molecular formula is C20H22O5. The summed E-state index contributed by atoms with van der Waals surface area (Å²) in [7, 11) is 1.32. The van der Waals surface area contributed by atoms with Gasteiger partial charge in [0.25, 0.3) is 0 Å². The van der Waals surface area contributed by atoms with Crippen LogP contribution in [0.3, 0.4) is 0 Å². The highest BCUT2D eigenvalue weighted by Gasteiger charge is 2.13. The largest absolute Gasteiger partial charge is 0.508 e. The van der Waals surface area contributed by atoms with Gasteiger partial charge in [-0.3, -0.25) is 9.59 Å². The fourth-order valence-corrected chi connectivity index (χ4v) is 2.35. The van der Waals surface area contributed by atoms with Crippen molar-refractivity contribution in [3.63, 3.8) is 0 Å². The Labute approximate surface area is 147 Å². The summed E-state index contributed by atoms with van der Waals surface area (Å²) in [6.45, 7) is 2.66. The van der Waals surface area contributed by atoms with Crippen LogP contribution in [0.25, 0.3) is 0 Å². The number of methoxy groups -OCH3 is 1. The number of ether oxygens (including phenoxy) is 2. The predicted molar refractivity (Wildman–Crippen MR) is 94.1 cm³/mol. The summed E-state index contributed by atoms with van der Waals surface area (Å²) < 4.78 is 10.1. The van der Waals surface area contributed by atoms with Crippen LogP contribution in [0, 0.1) is 0 Å². The third-order valence-electron chi connectivity index (χ3n) is 3.76. The Hall–Kier alpha value is -2.82. The predicted octanol–water partition coefficient (Wildman–Crippen LogP) is 3.52. The number of ketones is 1. The van der Waals surface area contributed by atoms with Gasteiger partial charge < -0.3 is 14.6 Å². The molecule has 0 saturated carbocycles. The number of aryl methyl sites for hydroxylation is 1. The van der Waals surface area contributed by atoms with E-state index in [9.17, 15) is 14.7 Å². The first-order chi connectivity index (χ1) is 12.0. The Morgan fingerprint density at radius 3 is 2.36 bits per heavy atom. The number of phenols is 1. The molecule has 0 aliphatic rings. The number of benzene rings is 2. The van der Waals surface area contributed by atoms with Crippen LogP contribution in [-0.4, -0.2) is 30.6 Å². The number of carbonyl (C=O) groups is 2. The molecule has 0 fully saturated rings. The smallest absolute Gasteiger partial charge is 0.305 e. The van der Waals surface area contributed by atoms with Gasteiger partial charge in [-0.25, -0.2) is 0 Å². The van der Waals surface area contributed by atoms with E-state index in [0.717, 1.165) is 12.2 Å². The van der Waals surface area contributed by atoms with Crippen LogP contribution in [0.4, 0.5) is 0 Å². The molecule has 2 aromatic rings. The van der Waals surface area contributed by atoms with Gasteiger partial charge in [0.2, 0.25) is 0 Å². The number of hydrogen-bond acceptors (Lipinski definition) is 5. The molecule has 5 heteroatoms. The lowest BCUT2D eigenvalue weighted by Gasteiger charge is -2.08. The highest BCUT2D eigenvalue weighted by Crippen LogP contribution is 2.23. The minimum Gasteiger partial charge on any atom is -0.508 e. The molecule has 132 valence electrons. The molecule has 0 atom stereocenters. The monoisotopic (exact) mass is 342 g/mol. The highest BCUT2D eigenvalue weighted by molar-refractivity contribution is 6.09. The number of phenolic OH excluding ortho intramolecular Hbond substituents is 1. The van der Waals surface area contributed by atoms with E-state index < -0.39 is 0 Å². The molecule has 0 aliphatic carbocycles. The zero-order valence-corrected chi connectivity index (χ0v) is 14.5. The maximum absolute atomic E-state index is 12.6. The van der Waals surface area contributed by atoms with Crippen LogP contribution < -0.4 is 4.74 Å². The van der Waals surface area contributed by atoms with E-state index >= 15 is 0 Å². The van der Waals surface area contributed by atoms with E-state index in [1.54, 1.807) is 36.4 Å². The summed E-state index contributed by atoms with van der Waals surface area (Å²) in [4.78, 5) is 23.9. The Balaban J connectivity index is 2.14. The zero-order chi connectivity index (χ0) is 18.2. The normalized spacial score (nSPS) is 10.3. The van der Waals surface area contributed by atoms with Crippen LogP contribution >= 0.6 is 0 Å². The molecule has 0 unspecified atom stereocenters. The van der Waals surface area contributed by atoms with Gasteiger partial charge in [-0.05, 0) is 60.9 Å². The van der Waals surface area contributed by atoms with Crippen molar-refractivity contribution in [1.29, 1.82) is 0 Å². The lowest BCUT2D eigenvalue weighted by Crippen LogP contribution is -2.05. The van der Waals surface area contributed by atoms with Crippen molar-refractivity contribution in [2.24, 2.45) is 0 Å². The average Bonchev–Trinajstić information content (AvgIpc) is 2.65. The van der Waals surface area contributed by atoms with E-state index in [2.05, 4.69) is 4.74 Å². The lowest BCUT2D eigenvalue weighted by atomic mass is 9.99. The molecule has 0 radical (unpaired) electrons. The van der Waals surface area contributed by atoms with Gasteiger partial charge in [-0.15, -0.1) is 0 Å². The van der Waals surface area contributed by atoms with Crippen LogP contribution in [0.1, 0.15) is 41.3 Å². The molecular weight excluding hydrogens is 320 g/mol. The van der Waals surface area contributed by atoms with Crippen molar-refractivity contribution in [3.8, 4) is 11.5 Å². The Kier molecular flexibility index (Phi) is 6.57. The topological polar surface area (TPSA) is 72.8 Å². The van der Waals surface area contributed by atoms with Crippen LogP contribution in [-0.2, 0) is 16.0 Å². The molecule has 2 aromatic carbocycles. The number of esters is 1. The minimum atomic E-state index is -0.362. The van der Waals surface area contributed by atoms with Crippen molar-refractivity contribution in [2.75, 3.05) is 13.7 Å². The van der Waals surface area contributed by atoms with Gasteiger partial charge >= 0.3 is 5.97 Å². The molecule has 2 rings (SSSR count). The summed E-state index contributed by atoms with van der Waals surface area (Å²) in [5.41, 5.74) is 1.53. The third kappa shape index (κ3) is 5.08. The van der Waals surface area contributed by atoms with E-state index in [1.807, 2.05) is 6.92 Å². The summed E-state index contributed by atoms with van der Waals surface area (Å²) in [5.74, 6) is 0.270. The molecule has 25 heavy (non-hydrogen) atoms. The summed E-state index contributed by atoms with van der Waals surface area (Å²) >= 11 is 0. The molecule has 5 nitrogen and oxygen atoms in total. The summed E-state index contributed by atoms with van der Waals surface area (Å²) in [5, 5.41) is 9.91. The average molecular weight is 342 g/mol. The molecule has 0 amide bonds. The van der Waals surface area contributed by atoms with Gasteiger partial charge in [0, 0.05) is 17.5 Å². The highest BCUT2D eigenvalue weighted by atomic mass is 16.5. The summed E-state index contributed by atoms with van der Waals surface area (Å²) in [6, 6.07) is 11.6. The van der Waals surface area contributed by atoms with Crippen LogP contribution in [0.5, 0.6) is 11.5 Å². The molecule has 0 aliphatic heterocycles. The Morgan fingerprint density at radius 2 is 1.72 bits per heavy atom. The number of carbonyl (C=O) groups excluding carboxylic acids is 2. The first-order valence-corrected chi connectivity index (χ1v) is 8.21. The first kappa shape index (κ1) is 18.5. The van der Waals surface area contributed by atoms with E-state index in [-0.39, 0.29) is 23.9 Å². The van der Waals surface area contributed by atoms with Gasteiger partial charge in [0.05, 0.1) is 13.7 Å². The second-order valence-corrected chi connectivity index (χ2v) is 5.62. The van der Waals surface area contributed by atoms with Crippen molar-refractivity contribution >= 4 is 11.8 Å². The van der Waals surface area contributed by atoms with Gasteiger partial charge in [-0.2, -0.15) is 0 Å². The van der Waals surface area contributed by atoms with Crippen molar-refractivity contribution < 1.29 is 24.2 Å².